The second-order valence-electron chi connectivity index (χ2n) is 6.95. The fourth-order valence-corrected chi connectivity index (χ4v) is 3.17. The third-order valence-electron chi connectivity index (χ3n) is 4.47. The Labute approximate surface area is 163 Å². The van der Waals surface area contributed by atoms with Gasteiger partial charge in [-0.05, 0) is 54.4 Å². The number of aliphatic hydroxyl groups excluding tert-OH is 1. The lowest BCUT2D eigenvalue weighted by molar-refractivity contribution is 0.186. The molecule has 5 nitrogen and oxygen atoms in total. The number of carbonyl (C=O) groups is 1. The zero-order chi connectivity index (χ0) is 19.6. The van der Waals surface area contributed by atoms with E-state index in [9.17, 15) is 9.90 Å². The topological polar surface area (TPSA) is 87.4 Å². The lowest BCUT2D eigenvalue weighted by Crippen LogP contribution is -2.43. The van der Waals surface area contributed by atoms with Crippen LogP contribution in [0.1, 0.15) is 31.2 Å². The summed E-state index contributed by atoms with van der Waals surface area (Å²) in [7, 11) is 0. The zero-order valence-corrected chi connectivity index (χ0v) is 15.9. The number of anilines is 1. The van der Waals surface area contributed by atoms with Gasteiger partial charge in [-0.15, -0.1) is 0 Å². The van der Waals surface area contributed by atoms with E-state index < -0.39 is 11.8 Å². The van der Waals surface area contributed by atoms with Crippen LogP contribution >= 0.6 is 11.6 Å². The van der Waals surface area contributed by atoms with Gasteiger partial charge in [-0.3, -0.25) is 0 Å². The van der Waals surface area contributed by atoms with Crippen LogP contribution in [-0.4, -0.2) is 11.1 Å². The van der Waals surface area contributed by atoms with E-state index in [-0.39, 0.29) is 6.03 Å². The number of fused-ring (bicyclic) bond motifs is 1. The summed E-state index contributed by atoms with van der Waals surface area (Å²) in [6.07, 6.45) is -1.21. The second kappa shape index (κ2) is 7.56. The third kappa shape index (κ3) is 4.39. The second-order valence-corrected chi connectivity index (χ2v) is 7.35. The van der Waals surface area contributed by atoms with Crippen LogP contribution < -0.4 is 16.4 Å². The minimum Gasteiger partial charge on any atom is -0.374 e. The number of carbonyl (C=O) groups excluding carboxylic acids is 1. The summed E-state index contributed by atoms with van der Waals surface area (Å²) < 4.78 is 0. The van der Waals surface area contributed by atoms with Crippen molar-refractivity contribution in [1.82, 2.24) is 5.32 Å². The smallest absolute Gasteiger partial charge is 0.319 e. The molecule has 0 aliphatic carbocycles. The predicted molar refractivity (Wildman–Crippen MR) is 110 cm³/mol. The minimum absolute atomic E-state index is 0.340. The number of nitrogens with one attached hydrogen (secondary N) is 2. The Morgan fingerprint density at radius 1 is 1.07 bits per heavy atom. The van der Waals surface area contributed by atoms with Crippen LogP contribution in [0.2, 0.25) is 5.02 Å². The summed E-state index contributed by atoms with van der Waals surface area (Å²) in [6, 6.07) is 18.6. The molecule has 0 bridgehead atoms. The van der Waals surface area contributed by atoms with Gasteiger partial charge in [0, 0.05) is 16.3 Å². The molecule has 5 N–H and O–H groups in total. The Hall–Kier alpha value is -2.60. The fraction of sp³-hybridized carbons (Fsp3) is 0.190. The molecule has 0 saturated carbocycles. The number of rotatable bonds is 4. The van der Waals surface area contributed by atoms with Crippen molar-refractivity contribution in [1.29, 1.82) is 0 Å². The summed E-state index contributed by atoms with van der Waals surface area (Å²) in [4.78, 5) is 12.5. The van der Waals surface area contributed by atoms with E-state index in [4.69, 9.17) is 17.3 Å². The number of urea groups is 1. The molecule has 6 heteroatoms. The maximum absolute atomic E-state index is 12.5. The van der Waals surface area contributed by atoms with Gasteiger partial charge in [0.05, 0.1) is 5.54 Å². The normalized spacial score (nSPS) is 12.6. The van der Waals surface area contributed by atoms with Crippen molar-refractivity contribution in [3.05, 3.63) is 76.8 Å². The first-order valence-electron chi connectivity index (χ1n) is 8.58. The van der Waals surface area contributed by atoms with Gasteiger partial charge in [-0.25, -0.2) is 4.79 Å². The van der Waals surface area contributed by atoms with Gasteiger partial charge in [0.1, 0.15) is 6.23 Å². The van der Waals surface area contributed by atoms with Crippen LogP contribution in [-0.2, 0) is 5.54 Å². The quantitative estimate of drug-likeness (QED) is 0.500. The van der Waals surface area contributed by atoms with Crippen molar-refractivity contribution >= 4 is 34.1 Å². The molecule has 0 saturated heterocycles. The molecule has 0 radical (unpaired) electrons. The lowest BCUT2D eigenvalue weighted by atomic mass is 9.92. The fourth-order valence-electron chi connectivity index (χ4n) is 2.94. The number of nitrogens with two attached hydrogens (primary N) is 1. The SMILES string of the molecule is CC(C)(NC(=O)Nc1ccc(Cl)c(C(N)O)c1)c1ccc2ccccc2c1. The standard InChI is InChI=1S/C21H22ClN3O2/c1-21(2,15-8-7-13-5-3-4-6-14(13)11-15)25-20(27)24-16-9-10-18(22)17(12-16)19(23)26/h3-12,19,26H,23H2,1-2H3,(H2,24,25,27). The van der Waals surface area contributed by atoms with Crippen LogP contribution in [0.3, 0.4) is 0 Å². The van der Waals surface area contributed by atoms with Crippen LogP contribution in [0.15, 0.2) is 60.7 Å². The average Bonchev–Trinajstić information content (AvgIpc) is 2.62. The van der Waals surface area contributed by atoms with Crippen LogP contribution in [0.4, 0.5) is 10.5 Å². The maximum Gasteiger partial charge on any atom is 0.319 e. The number of aliphatic hydroxyl groups is 1. The van der Waals surface area contributed by atoms with Crippen molar-refractivity contribution in [2.75, 3.05) is 5.32 Å². The Kier molecular flexibility index (Phi) is 5.37. The van der Waals surface area contributed by atoms with E-state index in [0.717, 1.165) is 16.3 Å². The molecule has 1 unspecified atom stereocenters. The molecule has 140 valence electrons. The largest absolute Gasteiger partial charge is 0.374 e. The van der Waals surface area contributed by atoms with E-state index in [2.05, 4.69) is 22.8 Å². The lowest BCUT2D eigenvalue weighted by Gasteiger charge is -2.27. The summed E-state index contributed by atoms with van der Waals surface area (Å²) in [5.41, 5.74) is 6.73. The van der Waals surface area contributed by atoms with Crippen LogP contribution in [0.5, 0.6) is 0 Å². The van der Waals surface area contributed by atoms with E-state index in [0.29, 0.717) is 16.3 Å². The minimum atomic E-state index is -1.21. The zero-order valence-electron chi connectivity index (χ0n) is 15.2. The number of hydrogen-bond acceptors (Lipinski definition) is 3. The molecule has 0 aliphatic heterocycles. The first-order chi connectivity index (χ1) is 12.8. The molecule has 0 heterocycles. The Morgan fingerprint density at radius 2 is 1.78 bits per heavy atom. The van der Waals surface area contributed by atoms with E-state index in [1.807, 2.05) is 44.2 Å². The summed E-state index contributed by atoms with van der Waals surface area (Å²) in [5, 5.41) is 17.9. The van der Waals surface area contributed by atoms with Gasteiger partial charge in [-0.1, -0.05) is 48.0 Å². The molecular weight excluding hydrogens is 362 g/mol. The summed E-state index contributed by atoms with van der Waals surface area (Å²) >= 11 is 5.99. The van der Waals surface area contributed by atoms with Gasteiger partial charge in [0.15, 0.2) is 0 Å². The maximum atomic E-state index is 12.5. The monoisotopic (exact) mass is 383 g/mol. The Bertz CT molecular complexity index is 986. The molecule has 3 aromatic rings. The molecule has 0 aliphatic rings. The number of hydrogen-bond donors (Lipinski definition) is 4. The first-order valence-corrected chi connectivity index (χ1v) is 8.95. The van der Waals surface area contributed by atoms with E-state index in [1.165, 1.54) is 0 Å². The van der Waals surface area contributed by atoms with Crippen molar-refractivity contribution in [3.63, 3.8) is 0 Å². The highest BCUT2D eigenvalue weighted by atomic mass is 35.5. The first kappa shape index (κ1) is 19.2. The van der Waals surface area contributed by atoms with Gasteiger partial charge in [0.2, 0.25) is 0 Å². The molecule has 0 fully saturated rings. The van der Waals surface area contributed by atoms with Gasteiger partial charge >= 0.3 is 6.03 Å². The van der Waals surface area contributed by atoms with Gasteiger partial charge < -0.3 is 21.5 Å². The van der Waals surface area contributed by atoms with Gasteiger partial charge in [-0.2, -0.15) is 0 Å². The predicted octanol–water partition coefficient (Wildman–Crippen LogP) is 4.50. The molecular formula is C21H22ClN3O2. The van der Waals surface area contributed by atoms with Crippen LogP contribution in [0, 0.1) is 0 Å². The average molecular weight is 384 g/mol. The van der Waals surface area contributed by atoms with Crippen molar-refractivity contribution in [2.45, 2.75) is 25.6 Å². The molecule has 1 atom stereocenters. The third-order valence-corrected chi connectivity index (χ3v) is 4.81. The van der Waals surface area contributed by atoms with Crippen molar-refractivity contribution < 1.29 is 9.90 Å². The van der Waals surface area contributed by atoms with Gasteiger partial charge in [0.25, 0.3) is 0 Å². The number of halogens is 1. The molecule has 3 rings (SSSR count). The molecule has 2 amide bonds. The highest BCUT2D eigenvalue weighted by molar-refractivity contribution is 6.31. The number of benzene rings is 3. The van der Waals surface area contributed by atoms with Crippen molar-refractivity contribution in [2.24, 2.45) is 5.73 Å². The molecule has 3 aromatic carbocycles. The van der Waals surface area contributed by atoms with Crippen LogP contribution in [0.25, 0.3) is 10.8 Å². The molecule has 0 aromatic heterocycles. The summed E-state index contributed by atoms with van der Waals surface area (Å²) in [6.45, 7) is 3.88. The Balaban J connectivity index is 1.76. The number of amides is 2. The van der Waals surface area contributed by atoms with E-state index >= 15 is 0 Å². The molecule has 0 spiro atoms. The molecule has 27 heavy (non-hydrogen) atoms. The van der Waals surface area contributed by atoms with Crippen molar-refractivity contribution in [3.8, 4) is 0 Å². The highest BCUT2D eigenvalue weighted by Gasteiger charge is 2.23. The summed E-state index contributed by atoms with van der Waals surface area (Å²) in [5.74, 6) is 0. The highest BCUT2D eigenvalue weighted by Crippen LogP contribution is 2.26. The van der Waals surface area contributed by atoms with E-state index in [1.54, 1.807) is 18.2 Å². The Morgan fingerprint density at radius 3 is 2.48 bits per heavy atom.